The SMILES string of the molecule is COc1ccc(N2CCN(CCNC(=O)c3ccc(F)cc3Cl)CC2)cc1. The van der Waals surface area contributed by atoms with Gasteiger partial charge in [0.1, 0.15) is 11.6 Å². The van der Waals surface area contributed by atoms with Crippen LogP contribution in [0.2, 0.25) is 5.02 Å². The summed E-state index contributed by atoms with van der Waals surface area (Å²) in [6.07, 6.45) is 0. The van der Waals surface area contributed by atoms with E-state index in [0.29, 0.717) is 12.1 Å². The van der Waals surface area contributed by atoms with Gasteiger partial charge in [-0.1, -0.05) is 11.6 Å². The quantitative estimate of drug-likeness (QED) is 0.822. The number of halogens is 2. The van der Waals surface area contributed by atoms with Crippen molar-refractivity contribution in [2.45, 2.75) is 0 Å². The third-order valence-corrected chi connectivity index (χ3v) is 5.01. The number of hydrogen-bond acceptors (Lipinski definition) is 4. The molecule has 0 aromatic heterocycles. The summed E-state index contributed by atoms with van der Waals surface area (Å²) in [6, 6.07) is 11.9. The average Bonchev–Trinajstić information content (AvgIpc) is 2.68. The minimum atomic E-state index is -0.453. The fourth-order valence-corrected chi connectivity index (χ4v) is 3.37. The van der Waals surface area contributed by atoms with Crippen LogP contribution in [0.25, 0.3) is 0 Å². The van der Waals surface area contributed by atoms with Gasteiger partial charge in [-0.3, -0.25) is 9.69 Å². The molecule has 1 saturated heterocycles. The minimum absolute atomic E-state index is 0.126. The smallest absolute Gasteiger partial charge is 0.252 e. The third-order valence-electron chi connectivity index (χ3n) is 4.70. The van der Waals surface area contributed by atoms with E-state index in [0.717, 1.165) is 44.5 Å². The van der Waals surface area contributed by atoms with Crippen molar-refractivity contribution in [3.63, 3.8) is 0 Å². The van der Waals surface area contributed by atoms with Crippen molar-refractivity contribution >= 4 is 23.2 Å². The monoisotopic (exact) mass is 391 g/mol. The van der Waals surface area contributed by atoms with E-state index in [1.54, 1.807) is 7.11 Å². The fourth-order valence-electron chi connectivity index (χ4n) is 3.12. The summed E-state index contributed by atoms with van der Waals surface area (Å²) in [5.74, 6) is 0.123. The van der Waals surface area contributed by atoms with E-state index < -0.39 is 5.82 Å². The van der Waals surface area contributed by atoms with E-state index in [4.69, 9.17) is 16.3 Å². The lowest BCUT2D eigenvalue weighted by Gasteiger charge is -2.36. The van der Waals surface area contributed by atoms with Gasteiger partial charge in [-0.15, -0.1) is 0 Å². The third kappa shape index (κ3) is 5.11. The van der Waals surface area contributed by atoms with Gasteiger partial charge in [0, 0.05) is 45.0 Å². The Bertz CT molecular complexity index is 777. The molecule has 0 bridgehead atoms. The van der Waals surface area contributed by atoms with E-state index >= 15 is 0 Å². The zero-order chi connectivity index (χ0) is 19.2. The number of piperazine rings is 1. The summed E-state index contributed by atoms with van der Waals surface area (Å²) >= 11 is 5.92. The number of methoxy groups -OCH3 is 1. The molecule has 5 nitrogen and oxygen atoms in total. The lowest BCUT2D eigenvalue weighted by atomic mass is 10.2. The predicted octanol–water partition coefficient (Wildman–Crippen LogP) is 3.04. The molecule has 1 fully saturated rings. The van der Waals surface area contributed by atoms with Crippen LogP contribution in [0, 0.1) is 5.82 Å². The van der Waals surface area contributed by atoms with Crippen molar-refractivity contribution in [2.75, 3.05) is 51.3 Å². The van der Waals surface area contributed by atoms with Gasteiger partial charge in [-0.05, 0) is 42.5 Å². The molecule has 27 heavy (non-hydrogen) atoms. The van der Waals surface area contributed by atoms with Crippen LogP contribution in [-0.2, 0) is 0 Å². The van der Waals surface area contributed by atoms with E-state index in [1.165, 1.54) is 17.8 Å². The zero-order valence-electron chi connectivity index (χ0n) is 15.3. The summed E-state index contributed by atoms with van der Waals surface area (Å²) < 4.78 is 18.3. The first kappa shape index (κ1) is 19.5. The Morgan fingerprint density at radius 2 is 1.85 bits per heavy atom. The number of carbonyl (C=O) groups is 1. The van der Waals surface area contributed by atoms with Crippen molar-refractivity contribution in [3.8, 4) is 5.75 Å². The standard InChI is InChI=1S/C20H23ClFN3O2/c1-27-17-5-3-16(4-6-17)25-12-10-24(11-13-25)9-8-23-20(26)18-7-2-15(22)14-19(18)21/h2-7,14H,8-13H2,1H3,(H,23,26). The Labute approximate surface area is 163 Å². The summed E-state index contributed by atoms with van der Waals surface area (Å²) in [4.78, 5) is 16.8. The first-order chi connectivity index (χ1) is 13.1. The van der Waals surface area contributed by atoms with Gasteiger partial charge in [0.2, 0.25) is 0 Å². The maximum atomic E-state index is 13.1. The molecular weight excluding hydrogens is 369 g/mol. The first-order valence-electron chi connectivity index (χ1n) is 8.91. The topological polar surface area (TPSA) is 44.8 Å². The number of rotatable bonds is 6. The van der Waals surface area contributed by atoms with Crippen molar-refractivity contribution in [1.82, 2.24) is 10.2 Å². The highest BCUT2D eigenvalue weighted by Crippen LogP contribution is 2.20. The molecule has 1 N–H and O–H groups in total. The molecular formula is C20H23ClFN3O2. The molecule has 7 heteroatoms. The molecule has 3 rings (SSSR count). The van der Waals surface area contributed by atoms with Gasteiger partial charge < -0.3 is 15.0 Å². The maximum Gasteiger partial charge on any atom is 0.252 e. The highest BCUT2D eigenvalue weighted by Gasteiger charge is 2.17. The minimum Gasteiger partial charge on any atom is -0.497 e. The number of nitrogens with one attached hydrogen (secondary N) is 1. The lowest BCUT2D eigenvalue weighted by Crippen LogP contribution is -2.48. The van der Waals surface area contributed by atoms with E-state index in [1.807, 2.05) is 12.1 Å². The van der Waals surface area contributed by atoms with E-state index in [9.17, 15) is 9.18 Å². The second-order valence-electron chi connectivity index (χ2n) is 6.41. The highest BCUT2D eigenvalue weighted by molar-refractivity contribution is 6.33. The Hall–Kier alpha value is -2.31. The summed E-state index contributed by atoms with van der Waals surface area (Å²) in [5.41, 5.74) is 1.48. The molecule has 144 valence electrons. The fraction of sp³-hybridized carbons (Fsp3) is 0.350. The average molecular weight is 392 g/mol. The van der Waals surface area contributed by atoms with Crippen LogP contribution in [0.15, 0.2) is 42.5 Å². The molecule has 2 aromatic rings. The number of amides is 1. The zero-order valence-corrected chi connectivity index (χ0v) is 16.0. The molecule has 1 aliphatic rings. The normalized spacial score (nSPS) is 14.9. The maximum absolute atomic E-state index is 13.1. The molecule has 0 spiro atoms. The van der Waals surface area contributed by atoms with Gasteiger partial charge in [-0.25, -0.2) is 4.39 Å². The Balaban J connectivity index is 1.42. The number of anilines is 1. The summed E-state index contributed by atoms with van der Waals surface area (Å²) in [6.45, 7) is 5.02. The van der Waals surface area contributed by atoms with Gasteiger partial charge in [0.25, 0.3) is 5.91 Å². The van der Waals surface area contributed by atoms with Crippen LogP contribution in [0.5, 0.6) is 5.75 Å². The van der Waals surface area contributed by atoms with Crippen LogP contribution in [0.4, 0.5) is 10.1 Å². The predicted molar refractivity (Wildman–Crippen MR) is 105 cm³/mol. The number of ether oxygens (including phenoxy) is 1. The van der Waals surface area contributed by atoms with Gasteiger partial charge >= 0.3 is 0 Å². The number of nitrogens with zero attached hydrogens (tertiary/aromatic N) is 2. The molecule has 0 saturated carbocycles. The highest BCUT2D eigenvalue weighted by atomic mass is 35.5. The molecule has 1 amide bonds. The molecule has 0 atom stereocenters. The van der Waals surface area contributed by atoms with Crippen LogP contribution in [-0.4, -0.2) is 57.2 Å². The summed E-state index contributed by atoms with van der Waals surface area (Å²) in [7, 11) is 1.66. The van der Waals surface area contributed by atoms with Crippen molar-refractivity contribution in [2.24, 2.45) is 0 Å². The van der Waals surface area contributed by atoms with Crippen molar-refractivity contribution in [3.05, 3.63) is 58.9 Å². The summed E-state index contributed by atoms with van der Waals surface area (Å²) in [5, 5.41) is 2.97. The number of carbonyl (C=O) groups excluding carboxylic acids is 1. The van der Waals surface area contributed by atoms with Crippen LogP contribution >= 0.6 is 11.6 Å². The van der Waals surface area contributed by atoms with Crippen LogP contribution < -0.4 is 15.0 Å². The van der Waals surface area contributed by atoms with E-state index in [2.05, 4.69) is 27.2 Å². The van der Waals surface area contributed by atoms with Gasteiger partial charge in [0.15, 0.2) is 0 Å². The number of hydrogen-bond donors (Lipinski definition) is 1. The first-order valence-corrected chi connectivity index (χ1v) is 9.29. The molecule has 1 aliphatic heterocycles. The molecule has 0 radical (unpaired) electrons. The largest absolute Gasteiger partial charge is 0.497 e. The Morgan fingerprint density at radius 3 is 2.48 bits per heavy atom. The second-order valence-corrected chi connectivity index (χ2v) is 6.81. The van der Waals surface area contributed by atoms with Crippen molar-refractivity contribution < 1.29 is 13.9 Å². The van der Waals surface area contributed by atoms with Gasteiger partial charge in [0.05, 0.1) is 17.7 Å². The molecule has 0 aliphatic carbocycles. The number of benzene rings is 2. The van der Waals surface area contributed by atoms with Crippen molar-refractivity contribution in [1.29, 1.82) is 0 Å². The van der Waals surface area contributed by atoms with Gasteiger partial charge in [-0.2, -0.15) is 0 Å². The molecule has 1 heterocycles. The Morgan fingerprint density at radius 1 is 1.15 bits per heavy atom. The molecule has 0 unspecified atom stereocenters. The lowest BCUT2D eigenvalue weighted by molar-refractivity contribution is 0.0948. The van der Waals surface area contributed by atoms with Crippen LogP contribution in [0.3, 0.4) is 0 Å². The van der Waals surface area contributed by atoms with E-state index in [-0.39, 0.29) is 10.9 Å². The Kier molecular flexibility index (Phi) is 6.53. The second kappa shape index (κ2) is 9.06. The van der Waals surface area contributed by atoms with Crippen LogP contribution in [0.1, 0.15) is 10.4 Å². The molecule has 2 aromatic carbocycles.